The Morgan fingerprint density at radius 1 is 1.23 bits per heavy atom. The van der Waals surface area contributed by atoms with Gasteiger partial charge in [0.15, 0.2) is 0 Å². The van der Waals surface area contributed by atoms with Crippen molar-refractivity contribution in [3.05, 3.63) is 0 Å². The molecule has 1 N–H and O–H groups in total. The second kappa shape index (κ2) is 4.81. The van der Waals surface area contributed by atoms with Crippen molar-refractivity contribution < 1.29 is 17.9 Å². The summed E-state index contributed by atoms with van der Waals surface area (Å²) in [7, 11) is 0. The number of alkyl halides is 3. The third-order valence-electron chi connectivity index (χ3n) is 2.03. The standard InChI is InChI=1S/C8H14F3NO/c9-8(10,11)3-6-13-7-1-4-12-5-2-7/h7,12H,1-6H2. The Morgan fingerprint density at radius 3 is 2.38 bits per heavy atom. The molecule has 2 nitrogen and oxygen atoms in total. The minimum Gasteiger partial charge on any atom is -0.378 e. The van der Waals surface area contributed by atoms with Gasteiger partial charge < -0.3 is 10.1 Å². The monoisotopic (exact) mass is 197 g/mol. The van der Waals surface area contributed by atoms with Crippen LogP contribution in [0.4, 0.5) is 13.2 Å². The first-order valence-electron chi connectivity index (χ1n) is 4.47. The van der Waals surface area contributed by atoms with Crippen molar-refractivity contribution >= 4 is 0 Å². The minimum atomic E-state index is -4.09. The van der Waals surface area contributed by atoms with E-state index < -0.39 is 12.6 Å². The molecule has 1 aliphatic rings. The lowest BCUT2D eigenvalue weighted by Gasteiger charge is -2.23. The summed E-state index contributed by atoms with van der Waals surface area (Å²) in [6.45, 7) is 1.49. The summed E-state index contributed by atoms with van der Waals surface area (Å²) in [5.74, 6) is 0. The fraction of sp³-hybridized carbons (Fsp3) is 1.00. The van der Waals surface area contributed by atoms with E-state index in [9.17, 15) is 13.2 Å². The summed E-state index contributed by atoms with van der Waals surface area (Å²) in [6, 6.07) is 0. The molecule has 1 rings (SSSR count). The highest BCUT2D eigenvalue weighted by molar-refractivity contribution is 4.68. The van der Waals surface area contributed by atoms with Crippen LogP contribution in [0.5, 0.6) is 0 Å². The molecule has 0 saturated carbocycles. The largest absolute Gasteiger partial charge is 0.391 e. The summed E-state index contributed by atoms with van der Waals surface area (Å²) >= 11 is 0. The van der Waals surface area contributed by atoms with Crippen LogP contribution in [0.2, 0.25) is 0 Å². The average molecular weight is 197 g/mol. The molecule has 13 heavy (non-hydrogen) atoms. The molecular weight excluding hydrogens is 183 g/mol. The van der Waals surface area contributed by atoms with Crippen LogP contribution in [-0.2, 0) is 4.74 Å². The number of hydrogen-bond donors (Lipinski definition) is 1. The molecule has 78 valence electrons. The van der Waals surface area contributed by atoms with E-state index in [0.29, 0.717) is 0 Å². The van der Waals surface area contributed by atoms with E-state index in [-0.39, 0.29) is 12.7 Å². The highest BCUT2D eigenvalue weighted by Gasteiger charge is 2.27. The first kappa shape index (κ1) is 10.8. The van der Waals surface area contributed by atoms with Gasteiger partial charge in [0.05, 0.1) is 19.1 Å². The Labute approximate surface area is 75.4 Å². The molecule has 0 atom stereocenters. The van der Waals surface area contributed by atoms with Crippen molar-refractivity contribution in [3.63, 3.8) is 0 Å². The Bertz CT molecular complexity index is 143. The van der Waals surface area contributed by atoms with Gasteiger partial charge in [-0.3, -0.25) is 0 Å². The molecule has 0 aliphatic carbocycles. The molecule has 1 aliphatic heterocycles. The first-order valence-corrected chi connectivity index (χ1v) is 4.47. The quantitative estimate of drug-likeness (QED) is 0.743. The van der Waals surface area contributed by atoms with E-state index in [4.69, 9.17) is 4.74 Å². The van der Waals surface area contributed by atoms with Crippen molar-refractivity contribution in [2.45, 2.75) is 31.5 Å². The zero-order valence-electron chi connectivity index (χ0n) is 7.36. The topological polar surface area (TPSA) is 21.3 Å². The normalized spacial score (nSPS) is 20.5. The molecule has 1 fully saturated rings. The van der Waals surface area contributed by atoms with Gasteiger partial charge in [-0.25, -0.2) is 0 Å². The van der Waals surface area contributed by atoms with Gasteiger partial charge >= 0.3 is 6.18 Å². The van der Waals surface area contributed by atoms with Crippen molar-refractivity contribution in [2.24, 2.45) is 0 Å². The molecule has 0 aromatic carbocycles. The third-order valence-corrected chi connectivity index (χ3v) is 2.03. The van der Waals surface area contributed by atoms with Crippen LogP contribution in [0, 0.1) is 0 Å². The van der Waals surface area contributed by atoms with E-state index in [1.807, 2.05) is 0 Å². The molecule has 0 amide bonds. The molecular formula is C8H14F3NO. The molecule has 0 bridgehead atoms. The van der Waals surface area contributed by atoms with Gasteiger partial charge in [0, 0.05) is 0 Å². The van der Waals surface area contributed by atoms with Gasteiger partial charge in [-0.1, -0.05) is 0 Å². The summed E-state index contributed by atoms with van der Waals surface area (Å²) in [5, 5.41) is 3.12. The van der Waals surface area contributed by atoms with Gasteiger partial charge in [-0.2, -0.15) is 13.2 Å². The molecule has 0 spiro atoms. The summed E-state index contributed by atoms with van der Waals surface area (Å²) in [6.07, 6.45) is -3.27. The number of hydrogen-bond acceptors (Lipinski definition) is 2. The molecule has 1 heterocycles. The maximum absolute atomic E-state index is 11.7. The van der Waals surface area contributed by atoms with Gasteiger partial charge in [0.1, 0.15) is 0 Å². The molecule has 0 unspecified atom stereocenters. The Hall–Kier alpha value is -0.290. The van der Waals surface area contributed by atoms with Crippen LogP contribution >= 0.6 is 0 Å². The number of rotatable bonds is 3. The van der Waals surface area contributed by atoms with E-state index in [0.717, 1.165) is 25.9 Å². The van der Waals surface area contributed by atoms with Crippen LogP contribution in [0.25, 0.3) is 0 Å². The minimum absolute atomic E-state index is 0.0172. The lowest BCUT2D eigenvalue weighted by molar-refractivity contribution is -0.149. The summed E-state index contributed by atoms with van der Waals surface area (Å²) < 4.78 is 40.3. The molecule has 0 radical (unpaired) electrons. The number of nitrogens with one attached hydrogen (secondary N) is 1. The van der Waals surface area contributed by atoms with E-state index in [1.165, 1.54) is 0 Å². The maximum atomic E-state index is 11.7. The van der Waals surface area contributed by atoms with Gasteiger partial charge in [-0.15, -0.1) is 0 Å². The molecule has 5 heteroatoms. The highest BCUT2D eigenvalue weighted by Crippen LogP contribution is 2.20. The maximum Gasteiger partial charge on any atom is 0.391 e. The highest BCUT2D eigenvalue weighted by atomic mass is 19.4. The van der Waals surface area contributed by atoms with Gasteiger partial charge in [0.2, 0.25) is 0 Å². The van der Waals surface area contributed by atoms with Crippen molar-refractivity contribution in [3.8, 4) is 0 Å². The summed E-state index contributed by atoms with van der Waals surface area (Å²) in [5.41, 5.74) is 0. The van der Waals surface area contributed by atoms with E-state index >= 15 is 0 Å². The van der Waals surface area contributed by atoms with E-state index in [2.05, 4.69) is 5.32 Å². The van der Waals surface area contributed by atoms with Crippen LogP contribution in [0.1, 0.15) is 19.3 Å². The second-order valence-corrected chi connectivity index (χ2v) is 3.19. The van der Waals surface area contributed by atoms with Crippen LogP contribution in [0.15, 0.2) is 0 Å². The van der Waals surface area contributed by atoms with Gasteiger partial charge in [-0.05, 0) is 25.9 Å². The second-order valence-electron chi connectivity index (χ2n) is 3.19. The fourth-order valence-electron chi connectivity index (χ4n) is 1.30. The first-order chi connectivity index (χ1) is 6.08. The van der Waals surface area contributed by atoms with Gasteiger partial charge in [0.25, 0.3) is 0 Å². The lowest BCUT2D eigenvalue weighted by Crippen LogP contribution is -2.33. The predicted molar refractivity (Wildman–Crippen MR) is 42.5 cm³/mol. The lowest BCUT2D eigenvalue weighted by atomic mass is 10.1. The van der Waals surface area contributed by atoms with Crippen LogP contribution < -0.4 is 5.32 Å². The zero-order valence-corrected chi connectivity index (χ0v) is 7.36. The SMILES string of the molecule is FC(F)(F)CCOC1CCNCC1. The van der Waals surface area contributed by atoms with Crippen molar-refractivity contribution in [1.82, 2.24) is 5.32 Å². The number of halogens is 3. The van der Waals surface area contributed by atoms with E-state index in [1.54, 1.807) is 0 Å². The van der Waals surface area contributed by atoms with Crippen LogP contribution in [-0.4, -0.2) is 32.0 Å². The van der Waals surface area contributed by atoms with Crippen LogP contribution in [0.3, 0.4) is 0 Å². The fourth-order valence-corrected chi connectivity index (χ4v) is 1.30. The number of ether oxygens (including phenoxy) is 1. The predicted octanol–water partition coefficient (Wildman–Crippen LogP) is 1.71. The van der Waals surface area contributed by atoms with Crippen molar-refractivity contribution in [2.75, 3.05) is 19.7 Å². The van der Waals surface area contributed by atoms with Crippen molar-refractivity contribution in [1.29, 1.82) is 0 Å². The molecule has 0 aromatic rings. The molecule has 1 saturated heterocycles. The Morgan fingerprint density at radius 2 is 1.85 bits per heavy atom. The molecule has 0 aromatic heterocycles. The average Bonchev–Trinajstić information content (AvgIpc) is 2.04. The zero-order chi connectivity index (χ0) is 9.73. The summed E-state index contributed by atoms with van der Waals surface area (Å²) in [4.78, 5) is 0. The third kappa shape index (κ3) is 5.10. The number of piperidine rings is 1. The Balaban J connectivity index is 2.04. The smallest absolute Gasteiger partial charge is 0.378 e. The Kier molecular flexibility index (Phi) is 3.99.